The maximum absolute atomic E-state index is 14.5. The Balaban J connectivity index is 1.27. The summed E-state index contributed by atoms with van der Waals surface area (Å²) in [6.07, 6.45) is -0.926. The number of ketones is 1. The lowest BCUT2D eigenvalue weighted by Gasteiger charge is -2.42. The second-order valence-electron chi connectivity index (χ2n) is 17.6. The number of nitrogens with two attached hydrogens (primary N) is 1. The fraction of sp³-hybridized carbons (Fsp3) is 0.455. The molecule has 69 heavy (non-hydrogen) atoms. The lowest BCUT2D eigenvalue weighted by atomic mass is 9.77. The Morgan fingerprint density at radius 1 is 1.09 bits per heavy atom. The highest BCUT2D eigenvalue weighted by Crippen LogP contribution is 2.47. The summed E-state index contributed by atoms with van der Waals surface area (Å²) in [6.45, 7) is 6.19. The van der Waals surface area contributed by atoms with Gasteiger partial charge < -0.3 is 54.3 Å². The van der Waals surface area contributed by atoms with Crippen molar-refractivity contribution in [1.82, 2.24) is 14.8 Å². The average Bonchev–Trinajstić information content (AvgIpc) is 3.59. The number of hydrogen-bond acceptors (Lipinski definition) is 15. The predicted octanol–water partition coefficient (Wildman–Crippen LogP) is 3.78. The van der Waals surface area contributed by atoms with Crippen LogP contribution in [0.1, 0.15) is 109 Å². The number of ether oxygens (including phenoxy) is 3. The zero-order valence-electron chi connectivity index (χ0n) is 37.9. The van der Waals surface area contributed by atoms with Gasteiger partial charge in [-0.25, -0.2) is 22.9 Å². The lowest BCUT2D eigenvalue weighted by Crippen LogP contribution is -2.56. The number of amides is 2. The summed E-state index contributed by atoms with van der Waals surface area (Å²) in [5.74, 6) is -9.47. The highest BCUT2D eigenvalue weighted by molar-refractivity contribution is 7.46. The second kappa shape index (κ2) is 19.7. The summed E-state index contributed by atoms with van der Waals surface area (Å²) in [7, 11) is -5.34. The number of hydrogen-bond donors (Lipinski definition) is 6. The number of aliphatic carboxylic acids is 2. The molecule has 1 fully saturated rings. The Kier molecular flexibility index (Phi) is 14.7. The van der Waals surface area contributed by atoms with Crippen molar-refractivity contribution in [2.75, 3.05) is 19.9 Å². The van der Waals surface area contributed by atoms with Crippen LogP contribution in [-0.2, 0) is 51.6 Å². The van der Waals surface area contributed by atoms with Crippen molar-refractivity contribution in [2.24, 2.45) is 10.9 Å². The largest absolute Gasteiger partial charge is 0.524 e. The van der Waals surface area contributed by atoms with Gasteiger partial charge in [-0.2, -0.15) is 0 Å². The number of carbonyl (C=O) groups is 6. The first kappa shape index (κ1) is 51.6. The number of benzene rings is 2. The monoisotopic (exact) mass is 989 g/mol. The number of aryl methyl sites for hydroxylation is 1. The molecule has 3 aromatic rings. The normalized spacial score (nSPS) is 20.3. The molecule has 2 aromatic carbocycles. The number of halogens is 2. The molecule has 4 heterocycles. The maximum atomic E-state index is 14.5. The molecule has 1 spiro atoms. The summed E-state index contributed by atoms with van der Waals surface area (Å²) in [6, 6.07) is 4.02. The third kappa shape index (κ3) is 10.8. The van der Waals surface area contributed by atoms with Gasteiger partial charge >= 0.3 is 25.9 Å². The van der Waals surface area contributed by atoms with Crippen molar-refractivity contribution >= 4 is 49.2 Å². The first-order chi connectivity index (χ1) is 32.2. The fourth-order valence-electron chi connectivity index (χ4n) is 8.87. The number of phosphoric acid groups is 1. The van der Waals surface area contributed by atoms with E-state index < -0.39 is 133 Å². The number of carboxylic acids is 2. The number of fused-ring (bicyclic) bond motifs is 5. The van der Waals surface area contributed by atoms with Gasteiger partial charge in [0.15, 0.2) is 22.6 Å². The van der Waals surface area contributed by atoms with Gasteiger partial charge in [0.2, 0.25) is 18.0 Å². The van der Waals surface area contributed by atoms with Crippen LogP contribution in [0.2, 0.25) is 0 Å². The quantitative estimate of drug-likeness (QED) is 0.0457. The fourth-order valence-corrected chi connectivity index (χ4v) is 9.27. The van der Waals surface area contributed by atoms with Gasteiger partial charge in [-0.3, -0.25) is 33.8 Å². The second-order valence-corrected chi connectivity index (χ2v) is 18.7. The molecule has 3 aliphatic rings. The van der Waals surface area contributed by atoms with Crippen LogP contribution in [0, 0.1) is 18.6 Å². The van der Waals surface area contributed by atoms with Crippen LogP contribution < -0.4 is 25.7 Å². The third-order valence-corrected chi connectivity index (χ3v) is 13.1. The van der Waals surface area contributed by atoms with Gasteiger partial charge in [-0.1, -0.05) is 31.1 Å². The van der Waals surface area contributed by atoms with Gasteiger partial charge in [0.05, 0.1) is 18.2 Å². The molecule has 6 rings (SSSR count). The lowest BCUT2D eigenvalue weighted by molar-refractivity contribution is -0.154. The van der Waals surface area contributed by atoms with Crippen LogP contribution in [0.5, 0.6) is 11.5 Å². The SMILES string of the molecule is CCC(C)(COC(=O)OCOc1c2n(cc(C(=O)NCc3ccc(F)cc3F)c1=O)[C@@H]1CN(C2=O)[C@@H](C)CC[C@]12CC(C)=NO2)c1c(C)cc(CC(=O)[C@](N)(CC(=O)O)C(=O)O)cc1OP(=O)(O)O. The molecule has 3 aliphatic heterocycles. The van der Waals surface area contributed by atoms with Crippen molar-refractivity contribution in [2.45, 2.75) is 108 Å². The van der Waals surface area contributed by atoms with E-state index in [1.165, 1.54) is 35.6 Å². The van der Waals surface area contributed by atoms with E-state index >= 15 is 0 Å². The summed E-state index contributed by atoms with van der Waals surface area (Å²) >= 11 is 0. The van der Waals surface area contributed by atoms with Gasteiger partial charge in [0.25, 0.3) is 11.8 Å². The van der Waals surface area contributed by atoms with Gasteiger partial charge in [0.1, 0.15) is 29.6 Å². The smallest absolute Gasteiger partial charge is 0.481 e. The maximum Gasteiger partial charge on any atom is 0.524 e. The molecule has 1 saturated heterocycles. The van der Waals surface area contributed by atoms with Crippen molar-refractivity contribution < 1.29 is 85.7 Å². The molecule has 22 nitrogen and oxygen atoms in total. The third-order valence-electron chi connectivity index (χ3n) is 12.6. The van der Waals surface area contributed by atoms with E-state index in [9.17, 15) is 66.9 Å². The molecule has 0 saturated carbocycles. The molecule has 2 bridgehead atoms. The highest BCUT2D eigenvalue weighted by atomic mass is 31.2. The first-order valence-corrected chi connectivity index (χ1v) is 22.9. The Morgan fingerprint density at radius 2 is 1.80 bits per heavy atom. The van der Waals surface area contributed by atoms with Crippen molar-refractivity contribution in [1.29, 1.82) is 0 Å². The van der Waals surface area contributed by atoms with Crippen molar-refractivity contribution in [3.05, 3.63) is 91.9 Å². The average molecular weight is 990 g/mol. The molecule has 1 aromatic heterocycles. The number of rotatable bonds is 18. The minimum absolute atomic E-state index is 0.0538. The summed E-state index contributed by atoms with van der Waals surface area (Å²) in [5.41, 5.74) is -0.673. The van der Waals surface area contributed by atoms with Crippen LogP contribution in [0.25, 0.3) is 0 Å². The van der Waals surface area contributed by atoms with Crippen LogP contribution >= 0.6 is 7.82 Å². The van der Waals surface area contributed by atoms with Crippen LogP contribution in [-0.4, -0.2) is 108 Å². The van der Waals surface area contributed by atoms with E-state index in [4.69, 9.17) is 29.3 Å². The van der Waals surface area contributed by atoms with E-state index in [0.29, 0.717) is 31.0 Å². The predicted molar refractivity (Wildman–Crippen MR) is 233 cm³/mol. The Labute approximate surface area is 391 Å². The number of nitrogens with one attached hydrogen (secondary N) is 1. The van der Waals surface area contributed by atoms with E-state index in [1.807, 2.05) is 6.92 Å². The molecule has 25 heteroatoms. The minimum Gasteiger partial charge on any atom is -0.481 e. The summed E-state index contributed by atoms with van der Waals surface area (Å²) < 4.78 is 63.1. The van der Waals surface area contributed by atoms with Crippen LogP contribution in [0.15, 0.2) is 46.5 Å². The molecule has 0 aliphatic carbocycles. The number of carboxylic acid groups (broad SMARTS) is 2. The summed E-state index contributed by atoms with van der Waals surface area (Å²) in [4.78, 5) is 119. The van der Waals surface area contributed by atoms with E-state index in [-0.39, 0.29) is 47.0 Å². The molecule has 1 unspecified atom stereocenters. The molecule has 372 valence electrons. The van der Waals surface area contributed by atoms with E-state index in [1.54, 1.807) is 13.8 Å². The van der Waals surface area contributed by atoms with Crippen molar-refractivity contribution in [3.8, 4) is 11.5 Å². The van der Waals surface area contributed by atoms with Gasteiger partial charge in [0, 0.05) is 60.8 Å². The number of phosphoric ester groups is 1. The first-order valence-electron chi connectivity index (χ1n) is 21.3. The standard InChI is InChI=1S/C44H50F2N5O17P/c1-6-42(5,34-22(2)11-25(12-30(34)67-69(61,62)63)13-32(52)44(47,40(58)59)16-33(53)54)20-64-41(60)66-21-65-37-35-39(57)50-19-31(43(10-9-24(50)4)15-23(3)49-68-43)51(35)18-28(36(37)55)38(56)48-17-26-7-8-27(45)14-29(26)46/h7-8,11-12,14,18,24,31H,6,9-10,13,15-17,19-21,47H2,1-5H3,(H,48,56)(H,53,54)(H,58,59)(H2,61,62,63)/t24-,31+,42?,43-,44+/m0/s1. The number of oxime groups is 1. The Morgan fingerprint density at radius 3 is 2.41 bits per heavy atom. The molecule has 0 radical (unpaired) electrons. The van der Waals surface area contributed by atoms with Crippen molar-refractivity contribution in [3.63, 3.8) is 0 Å². The summed E-state index contributed by atoms with van der Waals surface area (Å²) in [5, 5.41) is 25.4. The molecule has 7 N–H and O–H groups in total. The minimum atomic E-state index is -5.34. The van der Waals surface area contributed by atoms with Gasteiger partial charge in [-0.15, -0.1) is 0 Å². The van der Waals surface area contributed by atoms with E-state index in [2.05, 4.69) is 10.5 Å². The number of nitrogens with zero attached hydrogens (tertiary/aromatic N) is 3. The molecule has 5 atom stereocenters. The Bertz CT molecular complexity index is 2760. The number of Topliss-reactive ketones (excluding diaryl/α,β-unsaturated/α-hetero) is 1. The van der Waals surface area contributed by atoms with Gasteiger partial charge in [-0.05, 0) is 63.3 Å². The zero-order valence-corrected chi connectivity index (χ0v) is 38.8. The zero-order chi connectivity index (χ0) is 51.0. The number of aromatic nitrogens is 1. The van der Waals surface area contributed by atoms with Crippen LogP contribution in [0.4, 0.5) is 13.6 Å². The van der Waals surface area contributed by atoms with E-state index in [0.717, 1.165) is 18.2 Å². The molecule has 2 amide bonds. The number of pyridine rings is 1. The molecular weight excluding hydrogens is 939 g/mol. The Hall–Kier alpha value is -6.75. The topological polar surface area (TPSA) is 322 Å². The highest BCUT2D eigenvalue weighted by Gasteiger charge is 2.54. The molecular formula is C44H50F2N5O17P. The van der Waals surface area contributed by atoms with Crippen LogP contribution in [0.3, 0.4) is 0 Å². The number of carbonyl (C=O) groups excluding carboxylic acids is 4.